The molecule has 0 saturated carbocycles. The van der Waals surface area contributed by atoms with Gasteiger partial charge in [-0.1, -0.05) is 167 Å². The molecule has 0 aromatic heterocycles. The molecule has 13 rings (SSSR count). The molecule has 0 spiro atoms. The van der Waals surface area contributed by atoms with Crippen molar-refractivity contribution in [2.24, 2.45) is 0 Å². The van der Waals surface area contributed by atoms with Crippen LogP contribution in [0.5, 0.6) is 0 Å². The van der Waals surface area contributed by atoms with Gasteiger partial charge in [0.15, 0.2) is 0 Å². The Balaban J connectivity index is 1.06. The van der Waals surface area contributed by atoms with E-state index in [2.05, 4.69) is 232 Å². The number of hydrogen-bond donors (Lipinski definition) is 0. The second kappa shape index (κ2) is 12.6. The fraction of sp³-hybridized carbons (Fsp3) is 0.100. The number of hydrogen-bond acceptors (Lipinski definition) is 2. The van der Waals surface area contributed by atoms with Gasteiger partial charge >= 0.3 is 0 Å². The second-order valence-corrected chi connectivity index (χ2v) is 18.5. The van der Waals surface area contributed by atoms with E-state index in [9.17, 15) is 0 Å². The molecule has 0 atom stereocenters. The fourth-order valence-electron chi connectivity index (χ4n) is 11.5. The molecular formula is C60H44N2. The Morgan fingerprint density at radius 1 is 0.339 bits per heavy atom. The molecule has 2 aliphatic rings. The van der Waals surface area contributed by atoms with Gasteiger partial charge in [0.25, 0.3) is 0 Å². The number of benzene rings is 11. The smallest absolute Gasteiger partial charge is 0.0540 e. The number of rotatable bonds is 4. The van der Waals surface area contributed by atoms with Crippen molar-refractivity contribution in [3.8, 4) is 11.1 Å². The summed E-state index contributed by atoms with van der Waals surface area (Å²) in [7, 11) is 0. The van der Waals surface area contributed by atoms with E-state index in [-0.39, 0.29) is 10.8 Å². The highest BCUT2D eigenvalue weighted by molar-refractivity contribution is 6.35. The summed E-state index contributed by atoms with van der Waals surface area (Å²) in [6.45, 7) is 9.60. The molecule has 0 unspecified atom stereocenters. The highest BCUT2D eigenvalue weighted by Crippen LogP contribution is 2.59. The molecule has 11 aromatic carbocycles. The van der Waals surface area contributed by atoms with Crippen molar-refractivity contribution in [3.63, 3.8) is 0 Å². The van der Waals surface area contributed by atoms with E-state index in [1.165, 1.54) is 110 Å². The van der Waals surface area contributed by atoms with Crippen molar-refractivity contribution in [3.05, 3.63) is 216 Å². The van der Waals surface area contributed by atoms with Crippen molar-refractivity contribution in [1.82, 2.24) is 0 Å². The third-order valence-corrected chi connectivity index (χ3v) is 14.5. The SMILES string of the molecule is CC1(C)c2ccccc2-c2cc3c(cc21)N(c1ccc2c4cccc5c(N(c6ccccc6)c6ccc7ccccc7c6)ccc(c6cccc1c62)c54)c1ccccc1C3(C)C. The molecular weight excluding hydrogens is 749 g/mol. The third-order valence-electron chi connectivity index (χ3n) is 14.5. The normalized spacial score (nSPS) is 14.7. The van der Waals surface area contributed by atoms with Gasteiger partial charge in [0.1, 0.15) is 0 Å². The lowest BCUT2D eigenvalue weighted by atomic mass is 9.71. The molecule has 1 aliphatic carbocycles. The average Bonchev–Trinajstić information content (AvgIpc) is 3.53. The van der Waals surface area contributed by atoms with E-state index < -0.39 is 0 Å². The molecule has 0 fully saturated rings. The lowest BCUT2D eigenvalue weighted by Crippen LogP contribution is -2.31. The van der Waals surface area contributed by atoms with Gasteiger partial charge in [-0.2, -0.15) is 0 Å². The van der Waals surface area contributed by atoms with E-state index in [0.717, 1.165) is 11.4 Å². The van der Waals surface area contributed by atoms with Crippen molar-refractivity contribution in [2.75, 3.05) is 9.80 Å². The zero-order valence-electron chi connectivity index (χ0n) is 35.4. The van der Waals surface area contributed by atoms with E-state index in [4.69, 9.17) is 0 Å². The van der Waals surface area contributed by atoms with Gasteiger partial charge in [0.2, 0.25) is 0 Å². The minimum Gasteiger partial charge on any atom is -0.310 e. The van der Waals surface area contributed by atoms with E-state index in [1.807, 2.05) is 0 Å². The maximum atomic E-state index is 2.58. The maximum Gasteiger partial charge on any atom is 0.0540 e. The van der Waals surface area contributed by atoms with Crippen LogP contribution >= 0.6 is 0 Å². The Hall–Kier alpha value is -7.42. The Kier molecular flexibility index (Phi) is 7.16. The average molecular weight is 793 g/mol. The largest absolute Gasteiger partial charge is 0.310 e. The predicted octanol–water partition coefficient (Wildman–Crippen LogP) is 16.8. The van der Waals surface area contributed by atoms with E-state index in [0.29, 0.717) is 0 Å². The first-order valence-electron chi connectivity index (χ1n) is 21.9. The molecule has 11 aromatic rings. The topological polar surface area (TPSA) is 6.48 Å². The van der Waals surface area contributed by atoms with Crippen LogP contribution < -0.4 is 9.80 Å². The van der Waals surface area contributed by atoms with E-state index in [1.54, 1.807) is 0 Å². The van der Waals surface area contributed by atoms with Crippen LogP contribution in [-0.2, 0) is 10.8 Å². The minimum absolute atomic E-state index is 0.112. The summed E-state index contributed by atoms with van der Waals surface area (Å²) >= 11 is 0. The van der Waals surface area contributed by atoms with Crippen molar-refractivity contribution in [1.29, 1.82) is 0 Å². The molecule has 2 heteroatoms. The molecule has 2 nitrogen and oxygen atoms in total. The van der Waals surface area contributed by atoms with Crippen LogP contribution in [0.4, 0.5) is 34.1 Å². The fourth-order valence-corrected chi connectivity index (χ4v) is 11.5. The van der Waals surface area contributed by atoms with Gasteiger partial charge < -0.3 is 9.80 Å². The summed E-state index contributed by atoms with van der Waals surface area (Å²) in [6.07, 6.45) is 0. The molecule has 0 saturated heterocycles. The van der Waals surface area contributed by atoms with Crippen LogP contribution in [-0.4, -0.2) is 0 Å². The van der Waals surface area contributed by atoms with Crippen molar-refractivity contribution >= 4 is 88.0 Å². The molecule has 0 amide bonds. The number of anilines is 6. The van der Waals surface area contributed by atoms with Gasteiger partial charge in [-0.05, 0) is 131 Å². The molecule has 0 N–H and O–H groups in total. The van der Waals surface area contributed by atoms with Gasteiger partial charge in [-0.15, -0.1) is 0 Å². The highest BCUT2D eigenvalue weighted by Gasteiger charge is 2.42. The van der Waals surface area contributed by atoms with Crippen LogP contribution in [0.15, 0.2) is 194 Å². The van der Waals surface area contributed by atoms with Crippen molar-refractivity contribution in [2.45, 2.75) is 38.5 Å². The molecule has 294 valence electrons. The summed E-state index contributed by atoms with van der Waals surface area (Å²) in [5.74, 6) is 0. The Labute approximate surface area is 362 Å². The summed E-state index contributed by atoms with van der Waals surface area (Å²) in [4.78, 5) is 5.01. The molecule has 62 heavy (non-hydrogen) atoms. The number of nitrogens with zero attached hydrogens (tertiary/aromatic N) is 2. The van der Waals surface area contributed by atoms with Gasteiger partial charge in [-0.25, -0.2) is 0 Å². The Morgan fingerprint density at radius 3 is 1.76 bits per heavy atom. The number of fused-ring (bicyclic) bond motifs is 8. The van der Waals surface area contributed by atoms with Crippen LogP contribution in [0.1, 0.15) is 49.9 Å². The number of para-hydroxylation sites is 2. The second-order valence-electron chi connectivity index (χ2n) is 18.5. The quantitative estimate of drug-likeness (QED) is 0.129. The van der Waals surface area contributed by atoms with Crippen LogP contribution in [0.2, 0.25) is 0 Å². The summed E-state index contributed by atoms with van der Waals surface area (Å²) in [5.41, 5.74) is 15.1. The lowest BCUT2D eigenvalue weighted by Gasteiger charge is -2.43. The van der Waals surface area contributed by atoms with Crippen molar-refractivity contribution < 1.29 is 0 Å². The summed E-state index contributed by atoms with van der Waals surface area (Å²) < 4.78 is 0. The zero-order chi connectivity index (χ0) is 41.5. The molecule has 1 heterocycles. The minimum atomic E-state index is -0.196. The summed E-state index contributed by atoms with van der Waals surface area (Å²) in [6, 6.07) is 72.8. The highest BCUT2D eigenvalue weighted by atomic mass is 15.2. The van der Waals surface area contributed by atoms with Gasteiger partial charge in [-0.3, -0.25) is 0 Å². The van der Waals surface area contributed by atoms with Crippen LogP contribution in [0, 0.1) is 0 Å². The first kappa shape index (κ1) is 35.3. The first-order valence-corrected chi connectivity index (χ1v) is 21.9. The standard InChI is InChI=1S/C60H44N2/c1-59(2)49-25-11-10-20-41(49)48-35-52-56(36-51(48)59)62(55-27-13-12-26-50(55)60(52,3)4)54-33-31-45-42-21-14-23-46-53(32-30-44(57(42)46)43-22-15-24-47(54)58(43)45)61(39-18-6-5-7-19-39)40-29-28-37-16-8-9-17-38(37)34-40/h5-36H,1-4H3. The molecule has 0 radical (unpaired) electrons. The Bertz CT molecular complexity index is 3630. The molecule has 1 aliphatic heterocycles. The lowest BCUT2D eigenvalue weighted by molar-refractivity contribution is 0.627. The van der Waals surface area contributed by atoms with Crippen LogP contribution in [0.25, 0.3) is 65.0 Å². The third kappa shape index (κ3) is 4.70. The zero-order valence-corrected chi connectivity index (χ0v) is 35.4. The summed E-state index contributed by atoms with van der Waals surface area (Å²) in [5, 5.41) is 12.7. The van der Waals surface area contributed by atoms with Gasteiger partial charge in [0.05, 0.1) is 22.7 Å². The first-order chi connectivity index (χ1) is 30.3. The van der Waals surface area contributed by atoms with Crippen LogP contribution in [0.3, 0.4) is 0 Å². The molecule has 0 bridgehead atoms. The monoisotopic (exact) mass is 792 g/mol. The predicted molar refractivity (Wildman–Crippen MR) is 264 cm³/mol. The van der Waals surface area contributed by atoms with E-state index >= 15 is 0 Å². The maximum absolute atomic E-state index is 2.58. The van der Waals surface area contributed by atoms with Gasteiger partial charge in [0, 0.05) is 33.0 Å². The Morgan fingerprint density at radius 2 is 0.952 bits per heavy atom.